The van der Waals surface area contributed by atoms with Gasteiger partial charge >= 0.3 is 11.9 Å². The Kier molecular flexibility index (Phi) is 6.14. The van der Waals surface area contributed by atoms with Crippen molar-refractivity contribution in [2.75, 3.05) is 14.2 Å². The predicted octanol–water partition coefficient (Wildman–Crippen LogP) is 2.41. The predicted molar refractivity (Wildman–Crippen MR) is 68.8 cm³/mol. The Balaban J connectivity index is 5.48. The molecule has 4 heteroatoms. The maximum atomic E-state index is 11.5. The van der Waals surface area contributed by atoms with Gasteiger partial charge in [0.1, 0.15) is 5.57 Å². The van der Waals surface area contributed by atoms with Crippen LogP contribution in [0.25, 0.3) is 0 Å². The van der Waals surface area contributed by atoms with Gasteiger partial charge in [0.15, 0.2) is 0 Å². The average molecular weight is 252 g/mol. The summed E-state index contributed by atoms with van der Waals surface area (Å²) in [6.45, 7) is 7.54. The number of hydrogen-bond acceptors (Lipinski definition) is 4. The molecule has 0 heterocycles. The molecule has 0 rings (SSSR count). The molecular weight excluding hydrogens is 232 g/mol. The molecule has 0 aromatic heterocycles. The van der Waals surface area contributed by atoms with E-state index in [2.05, 4.69) is 15.2 Å². The third kappa shape index (κ3) is 5.51. The maximum absolute atomic E-state index is 11.5. The van der Waals surface area contributed by atoms with E-state index in [0.717, 1.165) is 5.57 Å². The third-order valence-corrected chi connectivity index (χ3v) is 2.06. The Bertz CT molecular complexity index is 399. The molecule has 0 amide bonds. The summed E-state index contributed by atoms with van der Waals surface area (Å²) >= 11 is 0. The Morgan fingerprint density at radius 3 is 1.83 bits per heavy atom. The molecule has 0 aliphatic rings. The fourth-order valence-electron chi connectivity index (χ4n) is 1.17. The summed E-state index contributed by atoms with van der Waals surface area (Å²) in [4.78, 5) is 23.0. The van der Waals surface area contributed by atoms with Gasteiger partial charge in [-0.05, 0) is 25.5 Å². The van der Waals surface area contributed by atoms with E-state index in [-0.39, 0.29) is 5.57 Å². The van der Waals surface area contributed by atoms with E-state index in [0.29, 0.717) is 0 Å². The fraction of sp³-hybridized carbons (Fsp3) is 0.500. The molecule has 0 atom stereocenters. The van der Waals surface area contributed by atoms with Gasteiger partial charge in [-0.25, -0.2) is 9.59 Å². The van der Waals surface area contributed by atoms with Gasteiger partial charge in [-0.15, -0.1) is 5.73 Å². The quantitative estimate of drug-likeness (QED) is 0.253. The minimum absolute atomic E-state index is 0.114. The van der Waals surface area contributed by atoms with E-state index >= 15 is 0 Å². The normalized spacial score (nSPS) is 9.89. The number of carbonyl (C=O) groups is 2. The van der Waals surface area contributed by atoms with Gasteiger partial charge in [0.05, 0.1) is 14.2 Å². The molecule has 4 nitrogen and oxygen atoms in total. The van der Waals surface area contributed by atoms with Crippen LogP contribution in [0.1, 0.15) is 27.7 Å². The molecule has 0 unspecified atom stereocenters. The van der Waals surface area contributed by atoms with Crippen molar-refractivity contribution < 1.29 is 19.1 Å². The number of allylic oxidation sites excluding steroid dienone is 2. The van der Waals surface area contributed by atoms with Gasteiger partial charge < -0.3 is 9.47 Å². The van der Waals surface area contributed by atoms with Gasteiger partial charge in [-0.2, -0.15) is 0 Å². The van der Waals surface area contributed by atoms with Crippen molar-refractivity contribution in [1.82, 2.24) is 0 Å². The van der Waals surface area contributed by atoms with Gasteiger partial charge in [0.2, 0.25) is 0 Å². The lowest BCUT2D eigenvalue weighted by Crippen LogP contribution is -2.19. The van der Waals surface area contributed by atoms with Crippen LogP contribution in [0.2, 0.25) is 0 Å². The summed E-state index contributed by atoms with van der Waals surface area (Å²) < 4.78 is 9.12. The topological polar surface area (TPSA) is 52.6 Å². The zero-order chi connectivity index (χ0) is 14.3. The molecule has 0 aromatic rings. The summed E-state index contributed by atoms with van der Waals surface area (Å²) in [6, 6.07) is 0. The highest BCUT2D eigenvalue weighted by molar-refractivity contribution is 6.14. The first kappa shape index (κ1) is 16.2. The highest BCUT2D eigenvalue weighted by Gasteiger charge is 2.23. The smallest absolute Gasteiger partial charge is 0.344 e. The number of rotatable bonds is 4. The minimum atomic E-state index is -0.708. The van der Waals surface area contributed by atoms with E-state index in [1.54, 1.807) is 6.08 Å². The molecule has 0 N–H and O–H groups in total. The van der Waals surface area contributed by atoms with Crippen LogP contribution in [-0.4, -0.2) is 26.2 Å². The summed E-state index contributed by atoms with van der Waals surface area (Å²) in [5.74, 6) is -1.42. The Labute approximate surface area is 108 Å². The molecule has 0 bridgehead atoms. The number of hydrogen-bond donors (Lipinski definition) is 0. The van der Waals surface area contributed by atoms with Crippen LogP contribution in [0.3, 0.4) is 0 Å². The largest absolute Gasteiger partial charge is 0.465 e. The van der Waals surface area contributed by atoms with Crippen LogP contribution in [0.5, 0.6) is 0 Å². The fourth-order valence-corrected chi connectivity index (χ4v) is 1.17. The van der Waals surface area contributed by atoms with Crippen LogP contribution in [0.4, 0.5) is 0 Å². The van der Waals surface area contributed by atoms with Crippen molar-refractivity contribution in [3.05, 3.63) is 29.0 Å². The maximum Gasteiger partial charge on any atom is 0.344 e. The lowest BCUT2D eigenvalue weighted by atomic mass is 9.90. The molecule has 0 saturated heterocycles. The molecule has 0 aliphatic carbocycles. The van der Waals surface area contributed by atoms with Crippen molar-refractivity contribution >= 4 is 11.9 Å². The molecular formula is C14H20O4. The second kappa shape index (κ2) is 6.82. The number of carbonyl (C=O) groups excluding carboxylic acids is 2. The second-order valence-electron chi connectivity index (χ2n) is 4.65. The summed E-state index contributed by atoms with van der Waals surface area (Å²) in [6.07, 6.45) is 3.30. The van der Waals surface area contributed by atoms with Crippen LogP contribution in [0, 0.1) is 5.41 Å². The number of methoxy groups -OCH3 is 2. The number of esters is 2. The summed E-state index contributed by atoms with van der Waals surface area (Å²) in [5, 5.41) is 0. The Morgan fingerprint density at radius 1 is 1.06 bits per heavy atom. The van der Waals surface area contributed by atoms with E-state index in [4.69, 9.17) is 0 Å². The van der Waals surface area contributed by atoms with Crippen LogP contribution < -0.4 is 0 Å². The summed E-state index contributed by atoms with van der Waals surface area (Å²) in [7, 11) is 2.44. The lowest BCUT2D eigenvalue weighted by Gasteiger charge is -2.15. The van der Waals surface area contributed by atoms with Crippen LogP contribution in [0.15, 0.2) is 29.0 Å². The van der Waals surface area contributed by atoms with Crippen molar-refractivity contribution in [3.63, 3.8) is 0 Å². The summed E-state index contributed by atoms with van der Waals surface area (Å²) in [5.41, 5.74) is 3.44. The highest BCUT2D eigenvalue weighted by Crippen LogP contribution is 2.22. The van der Waals surface area contributed by atoms with Crippen molar-refractivity contribution in [1.29, 1.82) is 0 Å². The third-order valence-electron chi connectivity index (χ3n) is 2.06. The van der Waals surface area contributed by atoms with Crippen LogP contribution in [-0.2, 0) is 19.1 Å². The first-order valence-corrected chi connectivity index (χ1v) is 5.54. The van der Waals surface area contributed by atoms with Crippen molar-refractivity contribution in [2.24, 2.45) is 5.41 Å². The van der Waals surface area contributed by atoms with Crippen LogP contribution >= 0.6 is 0 Å². The SMILES string of the molecule is COC(=O)C(=CC(C)(C)C=C=C(C)C)C(=O)OC. The van der Waals surface area contributed by atoms with E-state index in [1.165, 1.54) is 20.3 Å². The Morgan fingerprint density at radius 2 is 1.50 bits per heavy atom. The molecule has 0 fully saturated rings. The first-order chi connectivity index (χ1) is 8.23. The Hall–Kier alpha value is -1.80. The van der Waals surface area contributed by atoms with Gasteiger partial charge in [0.25, 0.3) is 0 Å². The lowest BCUT2D eigenvalue weighted by molar-refractivity contribution is -0.144. The van der Waals surface area contributed by atoms with Gasteiger partial charge in [0, 0.05) is 5.41 Å². The zero-order valence-electron chi connectivity index (χ0n) is 11.8. The van der Waals surface area contributed by atoms with Gasteiger partial charge in [-0.3, -0.25) is 0 Å². The monoisotopic (exact) mass is 252 g/mol. The molecule has 0 spiro atoms. The van der Waals surface area contributed by atoms with Gasteiger partial charge in [-0.1, -0.05) is 19.9 Å². The molecule has 100 valence electrons. The molecule has 0 aromatic carbocycles. The van der Waals surface area contributed by atoms with Crippen molar-refractivity contribution in [3.8, 4) is 0 Å². The zero-order valence-corrected chi connectivity index (χ0v) is 11.8. The second-order valence-corrected chi connectivity index (χ2v) is 4.65. The average Bonchev–Trinajstić information content (AvgIpc) is 2.32. The minimum Gasteiger partial charge on any atom is -0.465 e. The first-order valence-electron chi connectivity index (χ1n) is 5.54. The number of ether oxygens (including phenoxy) is 2. The molecule has 0 aliphatic heterocycles. The molecule has 0 saturated carbocycles. The molecule has 18 heavy (non-hydrogen) atoms. The van der Waals surface area contributed by atoms with Crippen molar-refractivity contribution in [2.45, 2.75) is 27.7 Å². The van der Waals surface area contributed by atoms with E-state index < -0.39 is 17.4 Å². The molecule has 0 radical (unpaired) electrons. The van der Waals surface area contributed by atoms with E-state index in [1.807, 2.05) is 27.7 Å². The van der Waals surface area contributed by atoms with E-state index in [9.17, 15) is 9.59 Å². The highest BCUT2D eigenvalue weighted by atomic mass is 16.5. The standard InChI is InChI=1S/C14H20O4/c1-10(2)7-8-14(3,4)9-11(12(15)17-5)13(16)18-6/h8-9H,1-6H3.